The molecule has 2 rings (SSSR count). The van der Waals surface area contributed by atoms with Crippen molar-refractivity contribution in [3.8, 4) is 0 Å². The van der Waals surface area contributed by atoms with Crippen LogP contribution in [0.1, 0.15) is 65.2 Å². The topological polar surface area (TPSA) is 214 Å². The predicted octanol–water partition coefficient (Wildman–Crippen LogP) is 2.05. The number of hydrogen-bond donors (Lipinski definition) is 7. The number of carbonyl (C=O) groups excluding carboxylic acids is 1. The zero-order chi connectivity index (χ0) is 38.8. The second-order valence-electron chi connectivity index (χ2n) is 12.7. The highest BCUT2D eigenvalue weighted by Gasteiger charge is 2.47. The van der Waals surface area contributed by atoms with Gasteiger partial charge in [0.1, 0.15) is 54.9 Å². The molecule has 2 heterocycles. The van der Waals surface area contributed by atoms with Crippen molar-refractivity contribution in [3.05, 3.63) is 72.9 Å². The van der Waals surface area contributed by atoms with Gasteiger partial charge in [-0.05, 0) is 51.4 Å². The third-order valence-corrected chi connectivity index (χ3v) is 8.28. The number of carbonyl (C=O) groups is 1. The summed E-state index contributed by atoms with van der Waals surface area (Å²) in [5, 5.41) is 70.8. The second-order valence-corrected chi connectivity index (χ2v) is 12.7. The lowest BCUT2D eigenvalue weighted by atomic mass is 9.98. The van der Waals surface area contributed by atoms with Crippen LogP contribution in [0.3, 0.4) is 0 Å². The molecule has 2 saturated heterocycles. The molecule has 0 aromatic rings. The Morgan fingerprint density at radius 1 is 0.623 bits per heavy atom. The molecule has 0 radical (unpaired) electrons. The zero-order valence-corrected chi connectivity index (χ0v) is 31.0. The first-order valence-electron chi connectivity index (χ1n) is 18.5. The van der Waals surface area contributed by atoms with Gasteiger partial charge in [0.05, 0.1) is 26.4 Å². The van der Waals surface area contributed by atoms with Crippen molar-refractivity contribution in [2.75, 3.05) is 33.0 Å². The van der Waals surface area contributed by atoms with Crippen LogP contribution in [0.2, 0.25) is 0 Å². The minimum atomic E-state index is -1.71. The van der Waals surface area contributed by atoms with Crippen molar-refractivity contribution < 1.29 is 69.0 Å². The second kappa shape index (κ2) is 27.9. The van der Waals surface area contributed by atoms with Gasteiger partial charge in [-0.25, -0.2) is 0 Å². The molecule has 0 bridgehead atoms. The third kappa shape index (κ3) is 18.5. The number of allylic oxidation sites excluding steroid dienone is 12. The summed E-state index contributed by atoms with van der Waals surface area (Å²) >= 11 is 0. The number of esters is 1. The Hall–Kier alpha value is -2.57. The fourth-order valence-corrected chi connectivity index (χ4v) is 5.30. The molecule has 2 aliphatic heterocycles. The Labute approximate surface area is 313 Å². The Morgan fingerprint density at radius 3 is 1.60 bits per heavy atom. The number of aliphatic hydroxyl groups excluding tert-OH is 7. The van der Waals surface area contributed by atoms with Crippen molar-refractivity contribution >= 4 is 5.97 Å². The Kier molecular flexibility index (Phi) is 24.5. The van der Waals surface area contributed by atoms with Crippen LogP contribution in [0, 0.1) is 0 Å². The van der Waals surface area contributed by atoms with Crippen LogP contribution in [-0.2, 0) is 33.2 Å². The Morgan fingerprint density at radius 2 is 1.09 bits per heavy atom. The number of hydrogen-bond acceptors (Lipinski definition) is 14. The molecule has 2 aliphatic rings. The van der Waals surface area contributed by atoms with Crippen LogP contribution in [0.15, 0.2) is 72.9 Å². The van der Waals surface area contributed by atoms with Crippen LogP contribution in [0.4, 0.5) is 0 Å². The van der Waals surface area contributed by atoms with Crippen LogP contribution in [0.25, 0.3) is 0 Å². The molecule has 7 N–H and O–H groups in total. The summed E-state index contributed by atoms with van der Waals surface area (Å²) < 4.78 is 32.9. The lowest BCUT2D eigenvalue weighted by Crippen LogP contribution is -2.61. The minimum Gasteiger partial charge on any atom is -0.458 e. The van der Waals surface area contributed by atoms with Gasteiger partial charge in [0.15, 0.2) is 12.6 Å². The van der Waals surface area contributed by atoms with E-state index in [0.717, 1.165) is 51.4 Å². The maximum Gasteiger partial charge on any atom is 0.303 e. The Bertz CT molecular complexity index is 1150. The first kappa shape index (κ1) is 46.6. The largest absolute Gasteiger partial charge is 0.458 e. The van der Waals surface area contributed by atoms with Gasteiger partial charge >= 0.3 is 5.97 Å². The molecule has 0 amide bonds. The van der Waals surface area contributed by atoms with Crippen LogP contribution >= 0.6 is 0 Å². The van der Waals surface area contributed by atoms with Gasteiger partial charge in [0.25, 0.3) is 0 Å². The monoisotopic (exact) mass is 754 g/mol. The van der Waals surface area contributed by atoms with Crippen molar-refractivity contribution in [3.63, 3.8) is 0 Å². The highest BCUT2D eigenvalue weighted by atomic mass is 16.7. The van der Waals surface area contributed by atoms with E-state index >= 15 is 0 Å². The van der Waals surface area contributed by atoms with E-state index in [-0.39, 0.29) is 13.2 Å². The van der Waals surface area contributed by atoms with Gasteiger partial charge in [0, 0.05) is 13.5 Å². The highest BCUT2D eigenvalue weighted by molar-refractivity contribution is 5.66. The predicted molar refractivity (Wildman–Crippen MR) is 196 cm³/mol. The van der Waals surface area contributed by atoms with Crippen LogP contribution < -0.4 is 0 Å². The SMILES string of the molecule is CC/C=C\C/C=C\C/C=C\C/C=C\C/C=C\C/C=C\CCCOCC(COC1OC(COC2OC(CO)C(O)C(O)C2O)C(O)C(O)C1O)OC(C)=O. The van der Waals surface area contributed by atoms with E-state index in [1.807, 2.05) is 0 Å². The van der Waals surface area contributed by atoms with Crippen molar-refractivity contribution in [2.24, 2.45) is 0 Å². The summed E-state index contributed by atoms with van der Waals surface area (Å²) in [6, 6.07) is 0. The smallest absolute Gasteiger partial charge is 0.303 e. The average molecular weight is 755 g/mol. The maximum absolute atomic E-state index is 11.7. The van der Waals surface area contributed by atoms with Crippen molar-refractivity contribution in [1.82, 2.24) is 0 Å². The number of rotatable bonds is 25. The summed E-state index contributed by atoms with van der Waals surface area (Å²) in [5.74, 6) is -0.577. The van der Waals surface area contributed by atoms with Gasteiger partial charge < -0.3 is 64.2 Å². The summed E-state index contributed by atoms with van der Waals surface area (Å²) in [6.45, 7) is 2.33. The maximum atomic E-state index is 11.7. The van der Waals surface area contributed by atoms with E-state index < -0.39 is 86.7 Å². The van der Waals surface area contributed by atoms with Gasteiger partial charge in [-0.2, -0.15) is 0 Å². The fraction of sp³-hybridized carbons (Fsp3) is 0.667. The molecule has 0 saturated carbocycles. The van der Waals surface area contributed by atoms with E-state index in [9.17, 15) is 40.5 Å². The lowest BCUT2D eigenvalue weighted by Gasteiger charge is -2.42. The molecule has 0 aliphatic carbocycles. The summed E-state index contributed by atoms with van der Waals surface area (Å²) in [6.07, 6.45) is 16.7. The van der Waals surface area contributed by atoms with E-state index in [1.54, 1.807) is 0 Å². The van der Waals surface area contributed by atoms with Gasteiger partial charge in [-0.3, -0.25) is 4.79 Å². The van der Waals surface area contributed by atoms with Crippen molar-refractivity contribution in [2.45, 2.75) is 133 Å². The third-order valence-electron chi connectivity index (χ3n) is 8.28. The van der Waals surface area contributed by atoms with Crippen LogP contribution in [-0.4, -0.2) is 142 Å². The lowest BCUT2D eigenvalue weighted by molar-refractivity contribution is -0.332. The average Bonchev–Trinajstić information content (AvgIpc) is 3.14. The van der Waals surface area contributed by atoms with E-state index in [4.69, 9.17) is 28.4 Å². The molecular weight excluding hydrogens is 692 g/mol. The van der Waals surface area contributed by atoms with Gasteiger partial charge in [-0.15, -0.1) is 0 Å². The first-order valence-corrected chi connectivity index (χ1v) is 18.5. The molecule has 0 aromatic carbocycles. The number of unbranched alkanes of at least 4 members (excludes halogenated alkanes) is 1. The van der Waals surface area contributed by atoms with E-state index in [2.05, 4.69) is 79.8 Å². The van der Waals surface area contributed by atoms with Gasteiger partial charge in [0.2, 0.25) is 0 Å². The summed E-state index contributed by atoms with van der Waals surface area (Å²) in [5.41, 5.74) is 0. The Balaban J connectivity index is 1.65. The zero-order valence-electron chi connectivity index (χ0n) is 31.0. The van der Waals surface area contributed by atoms with E-state index in [1.165, 1.54) is 6.92 Å². The molecule has 11 unspecified atom stereocenters. The molecule has 11 atom stereocenters. The highest BCUT2D eigenvalue weighted by Crippen LogP contribution is 2.26. The van der Waals surface area contributed by atoms with E-state index in [0.29, 0.717) is 6.61 Å². The quantitative estimate of drug-likeness (QED) is 0.0404. The molecule has 14 nitrogen and oxygen atoms in total. The molecule has 14 heteroatoms. The molecule has 0 aromatic heterocycles. The van der Waals surface area contributed by atoms with Crippen molar-refractivity contribution in [1.29, 1.82) is 0 Å². The normalized spacial score (nSPS) is 30.6. The minimum absolute atomic E-state index is 0.000965. The summed E-state index contributed by atoms with van der Waals surface area (Å²) in [7, 11) is 0. The first-order chi connectivity index (χ1) is 25.6. The molecule has 53 heavy (non-hydrogen) atoms. The summed E-state index contributed by atoms with van der Waals surface area (Å²) in [4.78, 5) is 11.7. The number of aliphatic hydroxyl groups is 7. The fourth-order valence-electron chi connectivity index (χ4n) is 5.30. The molecule has 0 spiro atoms. The molecule has 2 fully saturated rings. The molecule has 302 valence electrons. The molecular formula is C39H62O14. The van der Waals surface area contributed by atoms with Gasteiger partial charge in [-0.1, -0.05) is 79.8 Å². The van der Waals surface area contributed by atoms with Crippen LogP contribution in [0.5, 0.6) is 0 Å². The standard InChI is InChI=1S/C39H62O14/c1-3-4-5-6-7-8-9-10-11-12-13-14-15-16-17-18-19-20-21-22-23-48-25-29(51-28(2)41)26-49-38-37(47)35(45)33(43)31(53-38)27-50-39-36(46)34(44)32(42)30(24-40)52-39/h4-5,7-8,10-11,13-14,16-17,19-20,29-40,42-47H,3,6,9,12,15,18,21-27H2,1-2H3/b5-4-,8-7-,11-10-,14-13-,17-16-,20-19-. The number of ether oxygens (including phenoxy) is 6.